The van der Waals surface area contributed by atoms with E-state index in [2.05, 4.69) is 4.74 Å². The number of aromatic hydroxyl groups is 4. The number of esters is 2. The molecule has 0 atom stereocenters. The van der Waals surface area contributed by atoms with Gasteiger partial charge in [-0.3, -0.25) is 9.59 Å². The summed E-state index contributed by atoms with van der Waals surface area (Å²) in [6.07, 6.45) is -0.810. The van der Waals surface area contributed by atoms with Crippen molar-refractivity contribution in [1.82, 2.24) is 0 Å². The van der Waals surface area contributed by atoms with Crippen LogP contribution in [0, 0.1) is 0 Å². The van der Waals surface area contributed by atoms with Gasteiger partial charge in [0.05, 0.1) is 12.8 Å². The molecule has 0 aliphatic heterocycles. The molecule has 0 saturated carbocycles. The van der Waals surface area contributed by atoms with Crippen LogP contribution in [0.2, 0.25) is 0 Å². The van der Waals surface area contributed by atoms with E-state index < -0.39 is 24.8 Å². The Morgan fingerprint density at radius 2 is 1.13 bits per heavy atom. The zero-order valence-corrected chi connectivity index (χ0v) is 11.9. The molecule has 2 aromatic carbocycles. The third-order valence-electron chi connectivity index (χ3n) is 3.02. The third kappa shape index (κ3) is 4.37. The Balaban J connectivity index is 1.98. The van der Waals surface area contributed by atoms with Gasteiger partial charge in [0.2, 0.25) is 0 Å². The Morgan fingerprint density at radius 3 is 1.52 bits per heavy atom. The van der Waals surface area contributed by atoms with Crippen molar-refractivity contribution in [3.05, 3.63) is 47.5 Å². The largest absolute Gasteiger partial charge is 0.508 e. The van der Waals surface area contributed by atoms with Crippen molar-refractivity contribution in [2.75, 3.05) is 0 Å². The van der Waals surface area contributed by atoms with Gasteiger partial charge in [-0.05, 0) is 36.4 Å². The Bertz CT molecular complexity index is 689. The van der Waals surface area contributed by atoms with Gasteiger partial charge in [0.1, 0.15) is 23.0 Å². The van der Waals surface area contributed by atoms with Crippen LogP contribution in [-0.4, -0.2) is 32.4 Å². The number of phenolic OH excluding ortho intramolecular Hbond substituents is 4. The van der Waals surface area contributed by atoms with Crippen LogP contribution < -0.4 is 0 Å². The number of hydrogen-bond acceptors (Lipinski definition) is 7. The summed E-state index contributed by atoms with van der Waals surface area (Å²) in [7, 11) is 0. The van der Waals surface area contributed by atoms with Gasteiger partial charge in [-0.25, -0.2) is 0 Å². The lowest BCUT2D eigenvalue weighted by molar-refractivity contribution is -0.158. The highest BCUT2D eigenvalue weighted by atomic mass is 16.6. The topological polar surface area (TPSA) is 124 Å². The van der Waals surface area contributed by atoms with E-state index in [1.807, 2.05) is 0 Å². The first-order valence-corrected chi connectivity index (χ1v) is 6.60. The van der Waals surface area contributed by atoms with E-state index in [0.29, 0.717) is 0 Å². The van der Waals surface area contributed by atoms with E-state index >= 15 is 0 Å². The molecule has 2 rings (SSSR count). The lowest BCUT2D eigenvalue weighted by atomic mass is 10.1. The van der Waals surface area contributed by atoms with Crippen molar-refractivity contribution in [3.8, 4) is 23.0 Å². The summed E-state index contributed by atoms with van der Waals surface area (Å²) < 4.78 is 4.58. The fraction of sp³-hybridized carbons (Fsp3) is 0.125. The Hall–Kier alpha value is -3.22. The molecular weight excluding hydrogens is 304 g/mol. The van der Waals surface area contributed by atoms with Gasteiger partial charge < -0.3 is 25.2 Å². The molecule has 0 fully saturated rings. The first kappa shape index (κ1) is 16.2. The van der Waals surface area contributed by atoms with Crippen molar-refractivity contribution in [3.63, 3.8) is 0 Å². The molecular formula is C16H14O7. The van der Waals surface area contributed by atoms with Crippen LogP contribution in [0.3, 0.4) is 0 Å². The standard InChI is InChI=1S/C16H14O7/c17-11-1-3-13(19)9(5-11)7-15(21)23-16(22)8-10-6-12(18)2-4-14(10)20/h1-6,17-20H,7-8H2. The summed E-state index contributed by atoms with van der Waals surface area (Å²) >= 11 is 0. The van der Waals surface area contributed by atoms with E-state index in [1.54, 1.807) is 0 Å². The molecule has 0 saturated heterocycles. The molecule has 0 heterocycles. The summed E-state index contributed by atoms with van der Waals surface area (Å²) in [5, 5.41) is 37.7. The van der Waals surface area contributed by atoms with Gasteiger partial charge in [0.15, 0.2) is 0 Å². The molecule has 23 heavy (non-hydrogen) atoms. The Labute approximate surface area is 131 Å². The van der Waals surface area contributed by atoms with Crippen molar-refractivity contribution in [1.29, 1.82) is 0 Å². The van der Waals surface area contributed by atoms with E-state index in [0.717, 1.165) is 0 Å². The molecule has 0 bridgehead atoms. The molecule has 0 unspecified atom stereocenters. The number of carbonyl (C=O) groups excluding carboxylic acids is 2. The smallest absolute Gasteiger partial charge is 0.318 e. The van der Waals surface area contributed by atoms with Crippen LogP contribution in [0.15, 0.2) is 36.4 Å². The third-order valence-corrected chi connectivity index (χ3v) is 3.02. The number of hydrogen-bond donors (Lipinski definition) is 4. The molecule has 7 heteroatoms. The number of carbonyl (C=O) groups is 2. The predicted molar refractivity (Wildman–Crippen MR) is 78.1 cm³/mol. The minimum atomic E-state index is -0.921. The second-order valence-corrected chi connectivity index (χ2v) is 4.83. The van der Waals surface area contributed by atoms with Crippen LogP contribution in [0.25, 0.3) is 0 Å². The molecule has 0 aliphatic carbocycles. The highest BCUT2D eigenvalue weighted by Crippen LogP contribution is 2.24. The van der Waals surface area contributed by atoms with Crippen LogP contribution >= 0.6 is 0 Å². The second-order valence-electron chi connectivity index (χ2n) is 4.83. The summed E-state index contributed by atoms with van der Waals surface area (Å²) in [5.74, 6) is -2.54. The first-order chi connectivity index (χ1) is 10.8. The maximum atomic E-state index is 11.7. The zero-order chi connectivity index (χ0) is 17.0. The summed E-state index contributed by atoms with van der Waals surface area (Å²) in [6, 6.07) is 7.29. The fourth-order valence-corrected chi connectivity index (χ4v) is 1.94. The van der Waals surface area contributed by atoms with Crippen molar-refractivity contribution in [2.45, 2.75) is 12.8 Å². The number of ether oxygens (including phenoxy) is 1. The summed E-state index contributed by atoms with van der Waals surface area (Å²) in [5.41, 5.74) is 0.228. The minimum absolute atomic E-state index is 0.114. The highest BCUT2D eigenvalue weighted by Gasteiger charge is 2.16. The molecule has 2 aromatic rings. The molecule has 7 nitrogen and oxygen atoms in total. The van der Waals surface area contributed by atoms with E-state index in [4.69, 9.17) is 0 Å². The highest BCUT2D eigenvalue weighted by molar-refractivity contribution is 5.88. The molecule has 0 amide bonds. The molecule has 0 aromatic heterocycles. The molecule has 0 spiro atoms. The number of benzene rings is 2. The van der Waals surface area contributed by atoms with Gasteiger partial charge in [0.25, 0.3) is 0 Å². The molecule has 4 N–H and O–H groups in total. The normalized spacial score (nSPS) is 10.3. The summed E-state index contributed by atoms with van der Waals surface area (Å²) in [6.45, 7) is 0. The van der Waals surface area contributed by atoms with Crippen molar-refractivity contribution >= 4 is 11.9 Å². The minimum Gasteiger partial charge on any atom is -0.508 e. The monoisotopic (exact) mass is 318 g/mol. The quantitative estimate of drug-likeness (QED) is 0.381. The lowest BCUT2D eigenvalue weighted by Crippen LogP contribution is -2.16. The summed E-state index contributed by atoms with van der Waals surface area (Å²) in [4.78, 5) is 23.4. The van der Waals surface area contributed by atoms with Gasteiger partial charge in [0, 0.05) is 11.1 Å². The van der Waals surface area contributed by atoms with Crippen LogP contribution in [-0.2, 0) is 27.2 Å². The maximum absolute atomic E-state index is 11.7. The van der Waals surface area contributed by atoms with E-state index in [1.165, 1.54) is 36.4 Å². The second kappa shape index (κ2) is 6.69. The first-order valence-electron chi connectivity index (χ1n) is 6.60. The van der Waals surface area contributed by atoms with Crippen molar-refractivity contribution < 1.29 is 34.8 Å². The predicted octanol–water partition coefficient (Wildman–Crippen LogP) is 1.36. The van der Waals surface area contributed by atoms with Gasteiger partial charge in [-0.1, -0.05) is 0 Å². The number of rotatable bonds is 4. The lowest BCUT2D eigenvalue weighted by Gasteiger charge is -2.07. The fourth-order valence-electron chi connectivity index (χ4n) is 1.94. The van der Waals surface area contributed by atoms with E-state index in [-0.39, 0.29) is 34.1 Å². The Kier molecular flexibility index (Phi) is 4.70. The van der Waals surface area contributed by atoms with Gasteiger partial charge in [-0.15, -0.1) is 0 Å². The zero-order valence-electron chi connectivity index (χ0n) is 11.9. The van der Waals surface area contributed by atoms with E-state index in [9.17, 15) is 30.0 Å². The maximum Gasteiger partial charge on any atom is 0.318 e. The Morgan fingerprint density at radius 1 is 0.739 bits per heavy atom. The SMILES string of the molecule is O=C(Cc1cc(O)ccc1O)OC(=O)Cc1cc(O)ccc1O. The molecule has 0 radical (unpaired) electrons. The van der Waals surface area contributed by atoms with Gasteiger partial charge >= 0.3 is 11.9 Å². The van der Waals surface area contributed by atoms with Crippen LogP contribution in [0.1, 0.15) is 11.1 Å². The van der Waals surface area contributed by atoms with Gasteiger partial charge in [-0.2, -0.15) is 0 Å². The molecule has 120 valence electrons. The average molecular weight is 318 g/mol. The molecule has 0 aliphatic rings. The van der Waals surface area contributed by atoms with Crippen molar-refractivity contribution in [2.24, 2.45) is 0 Å². The van der Waals surface area contributed by atoms with Crippen LogP contribution in [0.5, 0.6) is 23.0 Å². The number of phenols is 4. The average Bonchev–Trinajstić information content (AvgIpc) is 2.46. The van der Waals surface area contributed by atoms with Crippen LogP contribution in [0.4, 0.5) is 0 Å².